The number of ether oxygens (including phenoxy) is 1. The van der Waals surface area contributed by atoms with Gasteiger partial charge in [-0.1, -0.05) is 13.8 Å². The molecular formula is C12H20N2O. The van der Waals surface area contributed by atoms with Crippen LogP contribution in [0, 0.1) is 12.8 Å². The first-order valence-electron chi connectivity index (χ1n) is 5.45. The second kappa shape index (κ2) is 6.40. The maximum atomic E-state index is 5.59. The fraction of sp³-hybridized carbons (Fsp3) is 0.583. The van der Waals surface area contributed by atoms with Gasteiger partial charge in [-0.15, -0.1) is 0 Å². The Morgan fingerprint density at radius 2 is 2.27 bits per heavy atom. The van der Waals surface area contributed by atoms with Crippen molar-refractivity contribution in [1.29, 1.82) is 0 Å². The molecule has 0 aliphatic rings. The van der Waals surface area contributed by atoms with Gasteiger partial charge in [0.05, 0.1) is 5.69 Å². The monoisotopic (exact) mass is 208 g/mol. The van der Waals surface area contributed by atoms with E-state index in [-0.39, 0.29) is 0 Å². The van der Waals surface area contributed by atoms with Crippen LogP contribution in [0.2, 0.25) is 0 Å². The van der Waals surface area contributed by atoms with Gasteiger partial charge in [0.25, 0.3) is 0 Å². The highest BCUT2D eigenvalue weighted by atomic mass is 16.5. The maximum absolute atomic E-state index is 5.59. The second-order valence-corrected chi connectivity index (χ2v) is 4.03. The summed E-state index contributed by atoms with van der Waals surface area (Å²) < 4.78 is 5.59. The van der Waals surface area contributed by atoms with E-state index in [4.69, 9.17) is 4.74 Å². The molecule has 0 spiro atoms. The third-order valence-corrected chi connectivity index (χ3v) is 2.05. The first kappa shape index (κ1) is 12.0. The van der Waals surface area contributed by atoms with Crippen molar-refractivity contribution in [1.82, 2.24) is 10.3 Å². The smallest absolute Gasteiger partial charge is 0.140 e. The lowest BCUT2D eigenvalue weighted by Gasteiger charge is -2.10. The van der Waals surface area contributed by atoms with Gasteiger partial charge in [-0.05, 0) is 31.5 Å². The lowest BCUT2D eigenvalue weighted by Crippen LogP contribution is -2.25. The van der Waals surface area contributed by atoms with Crippen molar-refractivity contribution < 1.29 is 4.74 Å². The van der Waals surface area contributed by atoms with Crippen LogP contribution in [0.25, 0.3) is 0 Å². The number of rotatable bonds is 6. The van der Waals surface area contributed by atoms with E-state index in [1.54, 1.807) is 6.20 Å². The van der Waals surface area contributed by atoms with Gasteiger partial charge in [0, 0.05) is 12.7 Å². The number of hydrogen-bond donors (Lipinski definition) is 1. The van der Waals surface area contributed by atoms with Crippen molar-refractivity contribution in [3.05, 3.63) is 24.0 Å². The highest BCUT2D eigenvalue weighted by molar-refractivity contribution is 5.25. The maximum Gasteiger partial charge on any atom is 0.140 e. The van der Waals surface area contributed by atoms with Crippen LogP contribution in [0.3, 0.4) is 0 Å². The molecule has 1 N–H and O–H groups in total. The molecule has 1 heterocycles. The van der Waals surface area contributed by atoms with Crippen molar-refractivity contribution in [2.45, 2.75) is 20.8 Å². The van der Waals surface area contributed by atoms with Gasteiger partial charge in [-0.25, -0.2) is 0 Å². The summed E-state index contributed by atoms with van der Waals surface area (Å²) in [5, 5.41) is 3.33. The fourth-order valence-corrected chi connectivity index (χ4v) is 1.25. The first-order chi connectivity index (χ1) is 7.20. The van der Waals surface area contributed by atoms with Crippen molar-refractivity contribution in [3.63, 3.8) is 0 Å². The normalized spacial score (nSPS) is 10.7. The molecule has 0 radical (unpaired) electrons. The van der Waals surface area contributed by atoms with E-state index in [2.05, 4.69) is 24.1 Å². The Kier molecular flexibility index (Phi) is 5.12. The van der Waals surface area contributed by atoms with E-state index in [0.717, 1.165) is 24.5 Å². The Morgan fingerprint density at radius 1 is 1.47 bits per heavy atom. The number of aryl methyl sites for hydroxylation is 1. The average Bonchev–Trinajstić information content (AvgIpc) is 2.20. The van der Waals surface area contributed by atoms with E-state index >= 15 is 0 Å². The average molecular weight is 208 g/mol. The van der Waals surface area contributed by atoms with Gasteiger partial charge >= 0.3 is 0 Å². The van der Waals surface area contributed by atoms with Crippen LogP contribution in [0.4, 0.5) is 0 Å². The molecule has 1 aromatic heterocycles. The van der Waals surface area contributed by atoms with Gasteiger partial charge in [0.1, 0.15) is 12.4 Å². The molecule has 0 saturated heterocycles. The molecule has 84 valence electrons. The molecule has 0 bridgehead atoms. The van der Waals surface area contributed by atoms with Gasteiger partial charge < -0.3 is 10.1 Å². The van der Waals surface area contributed by atoms with Crippen LogP contribution in [-0.2, 0) is 0 Å². The standard InChI is InChI=1S/C12H20N2O/c1-10(2)9-13-7-8-15-12-5-4-6-14-11(12)3/h4-6,10,13H,7-9H2,1-3H3. The molecular weight excluding hydrogens is 188 g/mol. The lowest BCUT2D eigenvalue weighted by atomic mass is 10.2. The molecule has 0 atom stereocenters. The van der Waals surface area contributed by atoms with Gasteiger partial charge in [-0.2, -0.15) is 0 Å². The summed E-state index contributed by atoms with van der Waals surface area (Å²) in [4.78, 5) is 4.16. The van der Waals surface area contributed by atoms with Crippen LogP contribution < -0.4 is 10.1 Å². The summed E-state index contributed by atoms with van der Waals surface area (Å²) in [5.41, 5.74) is 0.946. The molecule has 1 aromatic rings. The molecule has 0 aliphatic heterocycles. The van der Waals surface area contributed by atoms with Gasteiger partial charge in [-0.3, -0.25) is 4.98 Å². The molecule has 3 heteroatoms. The Labute approximate surface area is 91.9 Å². The highest BCUT2D eigenvalue weighted by Gasteiger charge is 1.98. The molecule has 0 aliphatic carbocycles. The van der Waals surface area contributed by atoms with Crippen LogP contribution in [0.1, 0.15) is 19.5 Å². The molecule has 1 rings (SSSR count). The molecule has 3 nitrogen and oxygen atoms in total. The third kappa shape index (κ3) is 4.79. The molecule has 0 fully saturated rings. The SMILES string of the molecule is Cc1ncccc1OCCNCC(C)C. The minimum Gasteiger partial charge on any atom is -0.490 e. The molecule has 0 aromatic carbocycles. The van der Waals surface area contributed by atoms with Crippen molar-refractivity contribution in [3.8, 4) is 5.75 Å². The van der Waals surface area contributed by atoms with Crippen molar-refractivity contribution in [2.24, 2.45) is 5.92 Å². The Hall–Kier alpha value is -1.09. The lowest BCUT2D eigenvalue weighted by molar-refractivity contribution is 0.307. The predicted octanol–water partition coefficient (Wildman–Crippen LogP) is 2.01. The fourth-order valence-electron chi connectivity index (χ4n) is 1.25. The molecule has 0 unspecified atom stereocenters. The zero-order valence-electron chi connectivity index (χ0n) is 9.79. The van der Waals surface area contributed by atoms with Crippen LogP contribution in [0.5, 0.6) is 5.75 Å². The van der Waals surface area contributed by atoms with E-state index in [9.17, 15) is 0 Å². The number of aromatic nitrogens is 1. The van der Waals surface area contributed by atoms with E-state index in [1.807, 2.05) is 19.1 Å². The van der Waals surface area contributed by atoms with Gasteiger partial charge in [0.15, 0.2) is 0 Å². The first-order valence-corrected chi connectivity index (χ1v) is 5.45. The zero-order chi connectivity index (χ0) is 11.1. The highest BCUT2D eigenvalue weighted by Crippen LogP contribution is 2.12. The number of pyridine rings is 1. The predicted molar refractivity (Wildman–Crippen MR) is 62.2 cm³/mol. The molecule has 15 heavy (non-hydrogen) atoms. The van der Waals surface area contributed by atoms with E-state index in [0.29, 0.717) is 12.5 Å². The largest absolute Gasteiger partial charge is 0.490 e. The van der Waals surface area contributed by atoms with E-state index < -0.39 is 0 Å². The van der Waals surface area contributed by atoms with Crippen molar-refractivity contribution >= 4 is 0 Å². The second-order valence-electron chi connectivity index (χ2n) is 4.03. The number of hydrogen-bond acceptors (Lipinski definition) is 3. The zero-order valence-corrected chi connectivity index (χ0v) is 9.79. The summed E-state index contributed by atoms with van der Waals surface area (Å²) in [5.74, 6) is 1.56. The summed E-state index contributed by atoms with van der Waals surface area (Å²) >= 11 is 0. The van der Waals surface area contributed by atoms with Crippen LogP contribution in [-0.4, -0.2) is 24.7 Å². The third-order valence-electron chi connectivity index (χ3n) is 2.05. The Balaban J connectivity index is 2.18. The van der Waals surface area contributed by atoms with Crippen LogP contribution in [0.15, 0.2) is 18.3 Å². The quantitative estimate of drug-likeness (QED) is 0.726. The summed E-state index contributed by atoms with van der Waals surface area (Å²) in [7, 11) is 0. The minimum absolute atomic E-state index is 0.685. The Morgan fingerprint density at radius 3 is 2.93 bits per heavy atom. The number of nitrogens with one attached hydrogen (secondary N) is 1. The summed E-state index contributed by atoms with van der Waals surface area (Å²) in [6.07, 6.45) is 1.78. The molecule has 0 amide bonds. The topological polar surface area (TPSA) is 34.1 Å². The van der Waals surface area contributed by atoms with E-state index in [1.165, 1.54) is 0 Å². The van der Waals surface area contributed by atoms with Crippen LogP contribution >= 0.6 is 0 Å². The number of nitrogens with zero attached hydrogens (tertiary/aromatic N) is 1. The Bertz CT molecular complexity index is 287. The minimum atomic E-state index is 0.685. The summed E-state index contributed by atoms with van der Waals surface area (Å²) in [6, 6.07) is 3.84. The van der Waals surface area contributed by atoms with Crippen molar-refractivity contribution in [2.75, 3.05) is 19.7 Å². The summed E-state index contributed by atoms with van der Waals surface area (Å²) in [6.45, 7) is 8.95. The molecule has 0 saturated carbocycles. The van der Waals surface area contributed by atoms with Gasteiger partial charge in [0.2, 0.25) is 0 Å².